The number of ether oxygens (including phenoxy) is 1. The van der Waals surface area contributed by atoms with E-state index in [1.165, 1.54) is 64.2 Å². The van der Waals surface area contributed by atoms with E-state index in [2.05, 4.69) is 26.0 Å². The summed E-state index contributed by atoms with van der Waals surface area (Å²) in [7, 11) is 0. The lowest BCUT2D eigenvalue weighted by Crippen LogP contribution is -2.17. The highest BCUT2D eigenvalue weighted by atomic mass is 16.5. The van der Waals surface area contributed by atoms with E-state index in [0.29, 0.717) is 12.2 Å². The molecule has 1 atom stereocenters. The van der Waals surface area contributed by atoms with Crippen LogP contribution in [0.2, 0.25) is 0 Å². The first kappa shape index (κ1) is 41.0. The Bertz CT molecular complexity index is 1520. The molecule has 6 heteroatoms. The molecule has 0 saturated carbocycles. The second-order valence-corrected chi connectivity index (χ2v) is 13.6. The highest BCUT2D eigenvalue weighted by molar-refractivity contribution is 5.98. The first-order chi connectivity index (χ1) is 24.8. The summed E-state index contributed by atoms with van der Waals surface area (Å²) in [5, 5.41) is 18.5. The van der Waals surface area contributed by atoms with Crippen LogP contribution in [0, 0.1) is 5.92 Å². The standard InChI is InChI=1S/C45H58O6/c1-3-5-6-7-8-9-10-11-12-13-14-15-17-20-36(33-43(48)49)34-44(50)51-40-30-28-39(29-31-40)45(41(4-2)37-21-18-16-19-22-37)38-26-23-35(24-27-38)25-32-42(46)47/h16,18-19,21-32,36H,3-15,17,20,33-34H2,1-2H3,(H,46,47)(H,48,49)/b32-25+,45-41+. The molecule has 3 rings (SSSR count). The van der Waals surface area contributed by atoms with Crippen LogP contribution in [0.1, 0.15) is 145 Å². The van der Waals surface area contributed by atoms with E-state index in [-0.39, 0.29) is 18.8 Å². The van der Waals surface area contributed by atoms with Crippen molar-refractivity contribution in [2.75, 3.05) is 0 Å². The number of carbonyl (C=O) groups excluding carboxylic acids is 1. The Balaban J connectivity index is 1.58. The predicted molar refractivity (Wildman–Crippen MR) is 209 cm³/mol. The molecule has 0 radical (unpaired) electrons. The third-order valence-corrected chi connectivity index (χ3v) is 9.40. The van der Waals surface area contributed by atoms with Gasteiger partial charge in [0.1, 0.15) is 5.75 Å². The Hall–Kier alpha value is -4.45. The Morgan fingerprint density at radius 3 is 1.67 bits per heavy atom. The lowest BCUT2D eigenvalue weighted by molar-refractivity contribution is -0.139. The van der Waals surface area contributed by atoms with Gasteiger partial charge in [0.25, 0.3) is 0 Å². The summed E-state index contributed by atoms with van der Waals surface area (Å²) >= 11 is 0. The molecule has 0 aromatic heterocycles. The lowest BCUT2D eigenvalue weighted by atomic mass is 9.88. The molecule has 0 saturated heterocycles. The maximum absolute atomic E-state index is 13.0. The van der Waals surface area contributed by atoms with Crippen LogP contribution in [0.3, 0.4) is 0 Å². The number of unbranched alkanes of at least 4 members (excludes halogenated alkanes) is 12. The number of carboxylic acid groups (broad SMARTS) is 2. The first-order valence-electron chi connectivity index (χ1n) is 19.1. The molecule has 0 bridgehead atoms. The van der Waals surface area contributed by atoms with Crippen molar-refractivity contribution >= 4 is 35.1 Å². The average molecular weight is 695 g/mol. The molecule has 0 aliphatic rings. The van der Waals surface area contributed by atoms with Crippen LogP contribution >= 0.6 is 0 Å². The Morgan fingerprint density at radius 1 is 0.627 bits per heavy atom. The van der Waals surface area contributed by atoms with Crippen LogP contribution in [0.5, 0.6) is 5.75 Å². The van der Waals surface area contributed by atoms with Crippen molar-refractivity contribution in [2.45, 2.75) is 123 Å². The van der Waals surface area contributed by atoms with E-state index in [9.17, 15) is 19.5 Å². The van der Waals surface area contributed by atoms with Gasteiger partial charge < -0.3 is 14.9 Å². The number of hydrogen-bond donors (Lipinski definition) is 2. The lowest BCUT2D eigenvalue weighted by Gasteiger charge is -2.17. The SMILES string of the molecule is CCCCCCCCCCCCCCCC(CC(=O)O)CC(=O)Oc1ccc(/C(=C(\CC)c2ccccc2)c2ccc(/C=C/C(=O)O)cc2)cc1. The van der Waals surface area contributed by atoms with Crippen molar-refractivity contribution in [3.05, 3.63) is 107 Å². The van der Waals surface area contributed by atoms with E-state index < -0.39 is 17.9 Å². The second-order valence-electron chi connectivity index (χ2n) is 13.6. The molecule has 3 aromatic rings. The number of esters is 1. The Kier molecular flexibility index (Phi) is 19.2. The molecule has 3 aromatic carbocycles. The van der Waals surface area contributed by atoms with Crippen molar-refractivity contribution in [2.24, 2.45) is 5.92 Å². The monoisotopic (exact) mass is 694 g/mol. The van der Waals surface area contributed by atoms with Gasteiger partial charge in [-0.15, -0.1) is 0 Å². The van der Waals surface area contributed by atoms with Crippen LogP contribution < -0.4 is 4.74 Å². The first-order valence-corrected chi connectivity index (χ1v) is 19.1. The fourth-order valence-corrected chi connectivity index (χ4v) is 6.68. The van der Waals surface area contributed by atoms with Gasteiger partial charge in [0.15, 0.2) is 0 Å². The van der Waals surface area contributed by atoms with Crippen LogP contribution in [0.25, 0.3) is 17.2 Å². The van der Waals surface area contributed by atoms with Crippen LogP contribution in [-0.4, -0.2) is 28.1 Å². The number of carboxylic acids is 2. The normalized spacial score (nSPS) is 12.4. The van der Waals surface area contributed by atoms with Gasteiger partial charge >= 0.3 is 17.9 Å². The third kappa shape index (κ3) is 16.0. The second kappa shape index (κ2) is 23.9. The summed E-state index contributed by atoms with van der Waals surface area (Å²) in [5.41, 5.74) is 6.02. The molecular formula is C45H58O6. The molecule has 0 fully saturated rings. The predicted octanol–water partition coefficient (Wildman–Crippen LogP) is 12.0. The molecule has 51 heavy (non-hydrogen) atoms. The molecule has 0 amide bonds. The van der Waals surface area contributed by atoms with Crippen LogP contribution in [0.15, 0.2) is 84.9 Å². The fourth-order valence-electron chi connectivity index (χ4n) is 6.68. The quantitative estimate of drug-likeness (QED) is 0.0301. The zero-order valence-electron chi connectivity index (χ0n) is 30.8. The molecule has 0 aliphatic heterocycles. The van der Waals surface area contributed by atoms with Crippen LogP contribution in [0.4, 0.5) is 0 Å². The number of rotatable bonds is 25. The largest absolute Gasteiger partial charge is 0.481 e. The van der Waals surface area contributed by atoms with Crippen molar-refractivity contribution < 1.29 is 29.3 Å². The summed E-state index contributed by atoms with van der Waals surface area (Å²) in [6.07, 6.45) is 20.5. The molecule has 0 spiro atoms. The van der Waals surface area contributed by atoms with Crippen molar-refractivity contribution in [1.29, 1.82) is 0 Å². The van der Waals surface area contributed by atoms with Gasteiger partial charge in [-0.1, -0.05) is 164 Å². The number of allylic oxidation sites excluding steroid dienone is 1. The molecule has 274 valence electrons. The van der Waals surface area contributed by atoms with Gasteiger partial charge in [-0.2, -0.15) is 0 Å². The summed E-state index contributed by atoms with van der Waals surface area (Å²) in [6.45, 7) is 4.37. The van der Waals surface area contributed by atoms with Gasteiger partial charge in [-0.05, 0) is 70.4 Å². The van der Waals surface area contributed by atoms with Crippen molar-refractivity contribution in [1.82, 2.24) is 0 Å². The summed E-state index contributed by atoms with van der Waals surface area (Å²) in [5.74, 6) is -2.12. The van der Waals surface area contributed by atoms with Gasteiger partial charge in [-0.25, -0.2) is 4.79 Å². The number of benzene rings is 3. The van der Waals surface area contributed by atoms with E-state index in [1.807, 2.05) is 54.6 Å². The average Bonchev–Trinajstić information content (AvgIpc) is 3.12. The van der Waals surface area contributed by atoms with Crippen molar-refractivity contribution in [3.63, 3.8) is 0 Å². The van der Waals surface area contributed by atoms with Gasteiger partial charge in [-0.3, -0.25) is 9.59 Å². The number of hydrogen-bond acceptors (Lipinski definition) is 4. The third-order valence-electron chi connectivity index (χ3n) is 9.40. The summed E-state index contributed by atoms with van der Waals surface area (Å²) in [4.78, 5) is 35.5. The fraction of sp³-hybridized carbons (Fsp3) is 0.444. The highest BCUT2D eigenvalue weighted by Gasteiger charge is 2.19. The van der Waals surface area contributed by atoms with Gasteiger partial charge in [0.05, 0.1) is 0 Å². The minimum Gasteiger partial charge on any atom is -0.481 e. The van der Waals surface area contributed by atoms with Gasteiger partial charge in [0, 0.05) is 18.9 Å². The minimum absolute atomic E-state index is 0.0371. The van der Waals surface area contributed by atoms with E-state index in [0.717, 1.165) is 65.2 Å². The maximum atomic E-state index is 13.0. The highest BCUT2D eigenvalue weighted by Crippen LogP contribution is 2.35. The number of carbonyl (C=O) groups is 3. The molecule has 6 nitrogen and oxygen atoms in total. The Labute approximate surface area is 305 Å². The zero-order valence-corrected chi connectivity index (χ0v) is 30.8. The van der Waals surface area contributed by atoms with Crippen LogP contribution in [-0.2, 0) is 14.4 Å². The Morgan fingerprint density at radius 2 is 1.16 bits per heavy atom. The molecule has 2 N–H and O–H groups in total. The van der Waals surface area contributed by atoms with E-state index in [1.54, 1.807) is 18.2 Å². The minimum atomic E-state index is -0.995. The molecule has 0 heterocycles. The smallest absolute Gasteiger partial charge is 0.328 e. The molecule has 0 aliphatic carbocycles. The maximum Gasteiger partial charge on any atom is 0.328 e. The summed E-state index contributed by atoms with van der Waals surface area (Å²) < 4.78 is 5.72. The van der Waals surface area contributed by atoms with Crippen molar-refractivity contribution in [3.8, 4) is 5.75 Å². The summed E-state index contributed by atoms with van der Waals surface area (Å²) in [6, 6.07) is 25.4. The van der Waals surface area contributed by atoms with E-state index in [4.69, 9.17) is 9.84 Å². The number of aliphatic carboxylic acids is 2. The van der Waals surface area contributed by atoms with Gasteiger partial charge in [0.2, 0.25) is 0 Å². The molecule has 1 unspecified atom stereocenters. The zero-order chi connectivity index (χ0) is 36.7. The topological polar surface area (TPSA) is 101 Å². The van der Waals surface area contributed by atoms with E-state index >= 15 is 0 Å². The molecular weight excluding hydrogens is 636 g/mol.